The Labute approximate surface area is 112 Å². The van der Waals surface area contributed by atoms with Gasteiger partial charge in [-0.05, 0) is 12.6 Å². The van der Waals surface area contributed by atoms with Crippen LogP contribution in [0, 0.1) is 0 Å². The van der Waals surface area contributed by atoms with Crippen LogP contribution in [0.5, 0.6) is 0 Å². The van der Waals surface area contributed by atoms with Crippen LogP contribution in [-0.4, -0.2) is 16.9 Å². The van der Waals surface area contributed by atoms with E-state index in [9.17, 15) is 0 Å². The highest BCUT2D eigenvalue weighted by molar-refractivity contribution is 7.15. The molecule has 3 nitrogen and oxygen atoms in total. The highest BCUT2D eigenvalue weighted by Crippen LogP contribution is 2.16. The molecule has 17 heavy (non-hydrogen) atoms. The van der Waals surface area contributed by atoms with E-state index in [2.05, 4.69) is 41.2 Å². The normalized spacial score (nSPS) is 10.2. The summed E-state index contributed by atoms with van der Waals surface area (Å²) in [6.07, 6.45) is 1.85. The van der Waals surface area contributed by atoms with E-state index in [4.69, 9.17) is 5.73 Å². The van der Waals surface area contributed by atoms with Crippen molar-refractivity contribution in [2.75, 3.05) is 12.8 Å². The predicted octanol–water partition coefficient (Wildman–Crippen LogP) is 2.78. The lowest BCUT2D eigenvalue weighted by Crippen LogP contribution is -2.16. The Hall–Kier alpha value is -1.10. The fourth-order valence-corrected chi connectivity index (χ4v) is 2.38. The lowest BCUT2D eigenvalue weighted by Gasteiger charge is -2.15. The average Bonchev–Trinajstić information content (AvgIpc) is 2.65. The number of nitrogens with zero attached hydrogens (tertiary/aromatic N) is 2. The second-order valence-electron chi connectivity index (χ2n) is 3.82. The van der Waals surface area contributed by atoms with Crippen LogP contribution in [0.2, 0.25) is 0 Å². The van der Waals surface area contributed by atoms with Gasteiger partial charge in [-0.15, -0.1) is 23.7 Å². The average molecular weight is 270 g/mol. The number of aromatic nitrogens is 1. The topological polar surface area (TPSA) is 42.2 Å². The molecule has 2 rings (SSSR count). The van der Waals surface area contributed by atoms with Gasteiger partial charge in [-0.2, -0.15) is 0 Å². The van der Waals surface area contributed by atoms with Gasteiger partial charge < -0.3 is 5.73 Å². The van der Waals surface area contributed by atoms with Crippen LogP contribution < -0.4 is 5.73 Å². The molecule has 0 aliphatic carbocycles. The highest BCUT2D eigenvalue weighted by Gasteiger charge is 2.04. The molecule has 1 aromatic carbocycles. The number of hydrogen-bond donors (Lipinski definition) is 1. The molecule has 0 saturated heterocycles. The highest BCUT2D eigenvalue weighted by atomic mass is 35.5. The number of nitrogens with two attached hydrogens (primary N) is 1. The maximum atomic E-state index is 5.60. The zero-order valence-corrected chi connectivity index (χ0v) is 11.3. The monoisotopic (exact) mass is 269 g/mol. The third-order valence-corrected chi connectivity index (χ3v) is 3.10. The van der Waals surface area contributed by atoms with Crippen LogP contribution in [0.1, 0.15) is 10.4 Å². The van der Waals surface area contributed by atoms with Crippen molar-refractivity contribution in [1.29, 1.82) is 0 Å². The molecule has 0 fully saturated rings. The third kappa shape index (κ3) is 4.34. The molecule has 0 saturated carbocycles. The molecule has 0 radical (unpaired) electrons. The van der Waals surface area contributed by atoms with E-state index in [1.165, 1.54) is 10.4 Å². The molecule has 92 valence electrons. The molecule has 5 heteroatoms. The summed E-state index contributed by atoms with van der Waals surface area (Å²) in [6, 6.07) is 10.4. The fraction of sp³-hybridized carbons (Fsp3) is 0.250. The van der Waals surface area contributed by atoms with Crippen molar-refractivity contribution in [3.63, 3.8) is 0 Å². The molecule has 0 aliphatic heterocycles. The molecule has 0 spiro atoms. The van der Waals surface area contributed by atoms with Gasteiger partial charge in [0.15, 0.2) is 5.13 Å². The first kappa shape index (κ1) is 14.0. The number of benzene rings is 1. The van der Waals surface area contributed by atoms with Crippen LogP contribution >= 0.6 is 23.7 Å². The van der Waals surface area contributed by atoms with Crippen molar-refractivity contribution in [3.05, 3.63) is 47.0 Å². The molecule has 2 N–H and O–H groups in total. The van der Waals surface area contributed by atoms with Crippen LogP contribution in [0.15, 0.2) is 36.5 Å². The Morgan fingerprint density at radius 1 is 1.24 bits per heavy atom. The molecule has 2 aromatic rings. The van der Waals surface area contributed by atoms with Gasteiger partial charge in [-0.25, -0.2) is 4.98 Å². The van der Waals surface area contributed by atoms with Gasteiger partial charge in [-0.1, -0.05) is 30.3 Å². The summed E-state index contributed by atoms with van der Waals surface area (Å²) < 4.78 is 0. The van der Waals surface area contributed by atoms with Crippen molar-refractivity contribution >= 4 is 28.9 Å². The van der Waals surface area contributed by atoms with Gasteiger partial charge >= 0.3 is 0 Å². The van der Waals surface area contributed by atoms with Crippen molar-refractivity contribution in [2.45, 2.75) is 13.1 Å². The predicted molar refractivity (Wildman–Crippen MR) is 75.4 cm³/mol. The van der Waals surface area contributed by atoms with E-state index in [0.29, 0.717) is 5.13 Å². The van der Waals surface area contributed by atoms with Crippen LogP contribution in [0.4, 0.5) is 5.13 Å². The number of anilines is 1. The Morgan fingerprint density at radius 3 is 2.53 bits per heavy atom. The van der Waals surface area contributed by atoms with Gasteiger partial charge in [0.2, 0.25) is 0 Å². The molecule has 1 aromatic heterocycles. The van der Waals surface area contributed by atoms with E-state index in [1.54, 1.807) is 11.3 Å². The summed E-state index contributed by atoms with van der Waals surface area (Å²) in [6.45, 7) is 1.84. The minimum Gasteiger partial charge on any atom is -0.375 e. The number of rotatable bonds is 4. The Balaban J connectivity index is 0.00000144. The first-order valence-corrected chi connectivity index (χ1v) is 5.98. The second-order valence-corrected chi connectivity index (χ2v) is 4.97. The molecular formula is C12H16ClN3S. The summed E-state index contributed by atoms with van der Waals surface area (Å²) in [5, 5.41) is 0.642. The quantitative estimate of drug-likeness (QED) is 0.928. The molecular weight excluding hydrogens is 254 g/mol. The van der Waals surface area contributed by atoms with Crippen LogP contribution in [-0.2, 0) is 13.1 Å². The van der Waals surface area contributed by atoms with Gasteiger partial charge in [0.25, 0.3) is 0 Å². The standard InChI is InChI=1S/C12H15N3S.ClH/c1-15(8-10-5-3-2-4-6-10)9-11-7-14-12(13)16-11;/h2-7H,8-9H2,1H3,(H2,13,14);1H. The summed E-state index contributed by atoms with van der Waals surface area (Å²) in [5.74, 6) is 0. The van der Waals surface area contributed by atoms with Crippen molar-refractivity contribution in [3.8, 4) is 0 Å². The van der Waals surface area contributed by atoms with Gasteiger partial charge in [0, 0.05) is 24.2 Å². The number of hydrogen-bond acceptors (Lipinski definition) is 4. The summed E-state index contributed by atoms with van der Waals surface area (Å²) in [7, 11) is 2.10. The Kier molecular flexibility index (Phi) is 5.41. The number of halogens is 1. The first-order valence-electron chi connectivity index (χ1n) is 5.16. The maximum Gasteiger partial charge on any atom is 0.180 e. The second kappa shape index (κ2) is 6.59. The number of thiazole rings is 1. The molecule has 0 unspecified atom stereocenters. The Bertz CT molecular complexity index is 444. The molecule has 1 heterocycles. The van der Waals surface area contributed by atoms with Gasteiger partial charge in [-0.3, -0.25) is 4.90 Å². The zero-order chi connectivity index (χ0) is 11.4. The Morgan fingerprint density at radius 2 is 1.94 bits per heavy atom. The van der Waals surface area contributed by atoms with Gasteiger partial charge in [0.1, 0.15) is 0 Å². The van der Waals surface area contributed by atoms with Crippen LogP contribution in [0.25, 0.3) is 0 Å². The van der Waals surface area contributed by atoms with Crippen molar-refractivity contribution in [2.24, 2.45) is 0 Å². The lowest BCUT2D eigenvalue weighted by molar-refractivity contribution is 0.322. The largest absolute Gasteiger partial charge is 0.375 e. The SMILES string of the molecule is CN(Cc1ccccc1)Cc1cnc(N)s1.Cl. The van der Waals surface area contributed by atoms with Gasteiger partial charge in [0.05, 0.1) is 0 Å². The molecule has 0 aliphatic rings. The maximum absolute atomic E-state index is 5.60. The minimum atomic E-state index is 0. The summed E-state index contributed by atoms with van der Waals surface area (Å²) in [4.78, 5) is 7.50. The fourth-order valence-electron chi connectivity index (χ4n) is 1.61. The van der Waals surface area contributed by atoms with E-state index < -0.39 is 0 Å². The lowest BCUT2D eigenvalue weighted by atomic mass is 10.2. The minimum absolute atomic E-state index is 0. The van der Waals surface area contributed by atoms with Crippen molar-refractivity contribution in [1.82, 2.24) is 9.88 Å². The molecule has 0 amide bonds. The molecule has 0 bridgehead atoms. The summed E-state index contributed by atoms with van der Waals surface area (Å²) >= 11 is 1.55. The van der Waals surface area contributed by atoms with Crippen LogP contribution in [0.3, 0.4) is 0 Å². The van der Waals surface area contributed by atoms with E-state index in [-0.39, 0.29) is 12.4 Å². The smallest absolute Gasteiger partial charge is 0.180 e. The van der Waals surface area contributed by atoms with E-state index in [0.717, 1.165) is 13.1 Å². The first-order chi connectivity index (χ1) is 7.74. The van der Waals surface area contributed by atoms with Crippen molar-refractivity contribution < 1.29 is 0 Å². The van der Waals surface area contributed by atoms with E-state index >= 15 is 0 Å². The third-order valence-electron chi connectivity index (χ3n) is 2.29. The van der Waals surface area contributed by atoms with E-state index in [1.807, 2.05) is 12.3 Å². The zero-order valence-electron chi connectivity index (χ0n) is 9.67. The number of nitrogen functional groups attached to an aromatic ring is 1. The molecule has 0 atom stereocenters. The summed E-state index contributed by atoms with van der Waals surface area (Å²) in [5.41, 5.74) is 6.92.